The van der Waals surface area contributed by atoms with Crippen LogP contribution in [0.1, 0.15) is 12.8 Å². The number of para-hydroxylation sites is 1. The van der Waals surface area contributed by atoms with Gasteiger partial charge in [-0.15, -0.1) is 0 Å². The van der Waals surface area contributed by atoms with Crippen LogP contribution in [0.2, 0.25) is 0 Å². The summed E-state index contributed by atoms with van der Waals surface area (Å²) >= 11 is 0. The van der Waals surface area contributed by atoms with E-state index in [1.165, 1.54) is 6.42 Å². The van der Waals surface area contributed by atoms with E-state index >= 15 is 0 Å². The van der Waals surface area contributed by atoms with Crippen molar-refractivity contribution in [3.05, 3.63) is 36.5 Å². The fourth-order valence-electron chi connectivity index (χ4n) is 3.60. The van der Waals surface area contributed by atoms with Gasteiger partial charge in [-0.05, 0) is 31.5 Å². The fraction of sp³-hybridized carbons (Fsp3) is 0.438. The summed E-state index contributed by atoms with van der Waals surface area (Å²) in [5, 5.41) is 0.864. The van der Waals surface area contributed by atoms with Gasteiger partial charge in [-0.25, -0.2) is 8.42 Å². The largest absolute Gasteiger partial charge is 0.298 e. The molecule has 1 aromatic heterocycles. The number of hydrogen-bond acceptors (Lipinski definition) is 4. The number of benzene rings is 1. The molecule has 3 heterocycles. The number of pyridine rings is 1. The number of sulfonamides is 1. The summed E-state index contributed by atoms with van der Waals surface area (Å²) in [7, 11) is -3.48. The van der Waals surface area contributed by atoms with E-state index in [-0.39, 0.29) is 0 Å². The average molecular weight is 317 g/mol. The molecule has 5 nitrogen and oxygen atoms in total. The molecule has 6 heteroatoms. The molecule has 1 atom stereocenters. The predicted octanol–water partition coefficient (Wildman–Crippen LogP) is 1.70. The van der Waals surface area contributed by atoms with Gasteiger partial charge in [0.2, 0.25) is 10.0 Å². The van der Waals surface area contributed by atoms with Gasteiger partial charge >= 0.3 is 0 Å². The number of aromatic nitrogens is 1. The molecule has 4 rings (SSSR count). The van der Waals surface area contributed by atoms with Crippen LogP contribution in [-0.4, -0.2) is 54.8 Å². The minimum absolute atomic E-state index is 0.331. The zero-order chi connectivity index (χ0) is 15.2. The van der Waals surface area contributed by atoms with Crippen molar-refractivity contribution in [1.29, 1.82) is 0 Å². The molecule has 2 aliphatic rings. The highest BCUT2D eigenvalue weighted by Gasteiger charge is 2.36. The summed E-state index contributed by atoms with van der Waals surface area (Å²) in [6.45, 7) is 3.12. The summed E-state index contributed by atoms with van der Waals surface area (Å²) in [6, 6.07) is 9.48. The van der Waals surface area contributed by atoms with Gasteiger partial charge in [-0.3, -0.25) is 9.88 Å². The molecule has 22 heavy (non-hydrogen) atoms. The molecule has 116 valence electrons. The van der Waals surface area contributed by atoms with Gasteiger partial charge in [-0.1, -0.05) is 18.2 Å². The lowest BCUT2D eigenvalue weighted by atomic mass is 10.2. The van der Waals surface area contributed by atoms with Crippen molar-refractivity contribution in [2.45, 2.75) is 23.8 Å². The number of fused-ring (bicyclic) bond motifs is 2. The van der Waals surface area contributed by atoms with Crippen LogP contribution >= 0.6 is 0 Å². The highest BCUT2D eigenvalue weighted by molar-refractivity contribution is 7.89. The molecule has 0 bridgehead atoms. The first-order valence-corrected chi connectivity index (χ1v) is 9.18. The van der Waals surface area contributed by atoms with Crippen molar-refractivity contribution in [1.82, 2.24) is 14.2 Å². The van der Waals surface area contributed by atoms with Crippen LogP contribution in [0.4, 0.5) is 0 Å². The molecule has 2 fully saturated rings. The van der Waals surface area contributed by atoms with E-state index in [0.29, 0.717) is 29.5 Å². The molecule has 0 radical (unpaired) electrons. The molecule has 1 aromatic carbocycles. The van der Waals surface area contributed by atoms with Gasteiger partial charge in [-0.2, -0.15) is 4.31 Å². The number of rotatable bonds is 2. The van der Waals surface area contributed by atoms with E-state index in [9.17, 15) is 8.42 Å². The molecule has 0 unspecified atom stereocenters. The first-order valence-electron chi connectivity index (χ1n) is 7.74. The van der Waals surface area contributed by atoms with Crippen molar-refractivity contribution in [2.24, 2.45) is 0 Å². The molecular formula is C16H19N3O2S. The van der Waals surface area contributed by atoms with Crippen LogP contribution in [-0.2, 0) is 10.0 Å². The van der Waals surface area contributed by atoms with Crippen molar-refractivity contribution in [3.8, 4) is 0 Å². The smallest absolute Gasteiger partial charge is 0.245 e. The Morgan fingerprint density at radius 1 is 1.09 bits per heavy atom. The van der Waals surface area contributed by atoms with Crippen LogP contribution in [0.5, 0.6) is 0 Å². The molecule has 0 amide bonds. The van der Waals surface area contributed by atoms with Crippen LogP contribution in [0, 0.1) is 0 Å². The van der Waals surface area contributed by atoms with Gasteiger partial charge in [0, 0.05) is 37.3 Å². The standard InChI is InChI=1S/C16H19N3O2S/c20-22(21,19-11-10-18-9-3-6-14(18)12-19)15-7-1-4-13-5-2-8-17-16(13)15/h1-2,4-5,7-8,14H,3,6,9-12H2/t14-/m1/s1. The van der Waals surface area contributed by atoms with Crippen molar-refractivity contribution in [3.63, 3.8) is 0 Å². The Bertz CT molecular complexity index is 801. The Morgan fingerprint density at radius 3 is 2.86 bits per heavy atom. The van der Waals surface area contributed by atoms with Crippen LogP contribution in [0.15, 0.2) is 41.4 Å². The van der Waals surface area contributed by atoms with E-state index < -0.39 is 10.0 Å². The van der Waals surface area contributed by atoms with Crippen LogP contribution in [0.3, 0.4) is 0 Å². The lowest BCUT2D eigenvalue weighted by molar-refractivity contribution is 0.158. The second-order valence-corrected chi connectivity index (χ2v) is 7.93. The highest BCUT2D eigenvalue weighted by Crippen LogP contribution is 2.28. The molecule has 0 N–H and O–H groups in total. The molecule has 2 aromatic rings. The lowest BCUT2D eigenvalue weighted by Crippen LogP contribution is -2.51. The number of nitrogens with zero attached hydrogens (tertiary/aromatic N) is 3. The van der Waals surface area contributed by atoms with Crippen molar-refractivity contribution < 1.29 is 8.42 Å². The zero-order valence-corrected chi connectivity index (χ0v) is 13.2. The van der Waals surface area contributed by atoms with Gasteiger partial charge in [0.15, 0.2) is 0 Å². The van der Waals surface area contributed by atoms with Gasteiger partial charge in [0.05, 0.1) is 5.52 Å². The summed E-state index contributed by atoms with van der Waals surface area (Å²) in [5.74, 6) is 0. The maximum absolute atomic E-state index is 13.1. The van der Waals surface area contributed by atoms with E-state index in [1.54, 1.807) is 22.6 Å². The Balaban J connectivity index is 1.73. The monoisotopic (exact) mass is 317 g/mol. The van der Waals surface area contributed by atoms with Crippen LogP contribution in [0.25, 0.3) is 10.9 Å². The van der Waals surface area contributed by atoms with Gasteiger partial charge in [0.25, 0.3) is 0 Å². The SMILES string of the molecule is O=S(=O)(c1cccc2cccnc12)N1CCN2CCC[C@@H]2C1. The quantitative estimate of drug-likeness (QED) is 0.846. The summed E-state index contributed by atoms with van der Waals surface area (Å²) in [4.78, 5) is 7.03. The topological polar surface area (TPSA) is 53.5 Å². The Morgan fingerprint density at radius 2 is 1.95 bits per heavy atom. The summed E-state index contributed by atoms with van der Waals surface area (Å²) in [6.07, 6.45) is 3.92. The third-order valence-corrected chi connectivity index (χ3v) is 6.66. The van der Waals surface area contributed by atoms with Crippen molar-refractivity contribution >= 4 is 20.9 Å². The number of hydrogen-bond donors (Lipinski definition) is 0. The minimum Gasteiger partial charge on any atom is -0.298 e. The van der Waals surface area contributed by atoms with E-state index in [0.717, 1.165) is 24.9 Å². The maximum atomic E-state index is 13.1. The summed E-state index contributed by atoms with van der Waals surface area (Å²) in [5.41, 5.74) is 0.568. The molecule has 0 saturated carbocycles. The Kier molecular flexibility index (Phi) is 3.40. The first-order chi connectivity index (χ1) is 10.7. The van der Waals surface area contributed by atoms with Gasteiger partial charge < -0.3 is 0 Å². The highest BCUT2D eigenvalue weighted by atomic mass is 32.2. The Labute approximate surface area is 130 Å². The van der Waals surface area contributed by atoms with E-state index in [1.807, 2.05) is 18.2 Å². The first kappa shape index (κ1) is 14.1. The molecule has 0 aliphatic carbocycles. The summed E-state index contributed by atoms with van der Waals surface area (Å²) < 4.78 is 27.8. The van der Waals surface area contributed by atoms with Gasteiger partial charge in [0.1, 0.15) is 4.90 Å². The zero-order valence-electron chi connectivity index (χ0n) is 12.4. The molecular weight excluding hydrogens is 298 g/mol. The van der Waals surface area contributed by atoms with E-state index in [4.69, 9.17) is 0 Å². The van der Waals surface area contributed by atoms with E-state index in [2.05, 4.69) is 9.88 Å². The maximum Gasteiger partial charge on any atom is 0.245 e. The lowest BCUT2D eigenvalue weighted by Gasteiger charge is -2.36. The fourth-order valence-corrected chi connectivity index (χ4v) is 5.24. The third-order valence-electron chi connectivity index (χ3n) is 4.76. The number of piperazine rings is 1. The minimum atomic E-state index is -3.48. The second-order valence-electron chi connectivity index (χ2n) is 6.03. The average Bonchev–Trinajstić information content (AvgIpc) is 3.02. The van der Waals surface area contributed by atoms with Crippen molar-refractivity contribution in [2.75, 3.05) is 26.2 Å². The van der Waals surface area contributed by atoms with Crippen LogP contribution < -0.4 is 0 Å². The normalized spacial score (nSPS) is 23.7. The third kappa shape index (κ3) is 2.22. The molecule has 2 aliphatic heterocycles. The molecule has 2 saturated heterocycles. The Hall–Kier alpha value is -1.50. The molecule has 0 spiro atoms. The second kappa shape index (κ2) is 5.30. The predicted molar refractivity (Wildman–Crippen MR) is 85.1 cm³/mol.